The van der Waals surface area contributed by atoms with Crippen LogP contribution in [0.3, 0.4) is 0 Å². The molecule has 0 saturated carbocycles. The molecule has 0 N–H and O–H groups in total. The maximum Gasteiger partial charge on any atom is 0.231 e. The van der Waals surface area contributed by atoms with Gasteiger partial charge in [0.05, 0.1) is 0 Å². The van der Waals surface area contributed by atoms with Crippen LogP contribution in [0.2, 0.25) is 0 Å². The molecular weight excluding hydrogens is 336 g/mol. The topological polar surface area (TPSA) is 36.9 Å². The Morgan fingerprint density at radius 2 is 1.43 bits per heavy atom. The standard InChI is InChI=1S/C16H11BrO4/c17-12-7-16-15(20-9-21-16)6-11(12)3-1-10-2-4-13-14(5-10)19-8-18-13/h1-7H,8-9H2/b3-1+. The largest absolute Gasteiger partial charge is 0.454 e. The molecule has 106 valence electrons. The van der Waals surface area contributed by atoms with Crippen molar-refractivity contribution in [3.8, 4) is 23.0 Å². The summed E-state index contributed by atoms with van der Waals surface area (Å²) < 4.78 is 22.4. The molecule has 4 rings (SSSR count). The molecule has 5 heteroatoms. The van der Waals surface area contributed by atoms with E-state index in [1.807, 2.05) is 42.5 Å². The average Bonchev–Trinajstić information content (AvgIpc) is 3.12. The van der Waals surface area contributed by atoms with Crippen molar-refractivity contribution in [3.63, 3.8) is 0 Å². The molecule has 0 aliphatic carbocycles. The fourth-order valence-corrected chi connectivity index (χ4v) is 2.72. The third kappa shape index (κ3) is 2.34. The summed E-state index contributed by atoms with van der Waals surface area (Å²) in [6.45, 7) is 0.563. The average molecular weight is 347 g/mol. The van der Waals surface area contributed by atoms with Crippen LogP contribution < -0.4 is 18.9 Å². The molecule has 2 aliphatic heterocycles. The SMILES string of the molecule is Brc1cc2c(cc1/C=C/c1ccc3c(c1)OCO3)OCO2. The van der Waals surface area contributed by atoms with E-state index in [9.17, 15) is 0 Å². The Morgan fingerprint density at radius 3 is 2.24 bits per heavy atom. The molecular formula is C16H11BrO4. The minimum atomic E-state index is 0.275. The quantitative estimate of drug-likeness (QED) is 0.768. The molecule has 2 aromatic carbocycles. The molecule has 0 spiro atoms. The van der Waals surface area contributed by atoms with Gasteiger partial charge in [0.2, 0.25) is 13.6 Å². The highest BCUT2D eigenvalue weighted by Gasteiger charge is 2.15. The van der Waals surface area contributed by atoms with Crippen molar-refractivity contribution in [2.75, 3.05) is 13.6 Å². The molecule has 21 heavy (non-hydrogen) atoms. The lowest BCUT2D eigenvalue weighted by atomic mass is 10.1. The van der Waals surface area contributed by atoms with E-state index in [0.29, 0.717) is 0 Å². The summed E-state index contributed by atoms with van der Waals surface area (Å²) >= 11 is 3.54. The monoisotopic (exact) mass is 346 g/mol. The van der Waals surface area contributed by atoms with Gasteiger partial charge in [-0.1, -0.05) is 34.1 Å². The van der Waals surface area contributed by atoms with Crippen LogP contribution in [0.15, 0.2) is 34.8 Å². The second-order valence-electron chi connectivity index (χ2n) is 4.67. The van der Waals surface area contributed by atoms with Gasteiger partial charge in [-0.2, -0.15) is 0 Å². The van der Waals surface area contributed by atoms with Crippen LogP contribution in [-0.2, 0) is 0 Å². The number of benzene rings is 2. The summed E-state index contributed by atoms with van der Waals surface area (Å²) in [5, 5.41) is 0. The number of hydrogen-bond acceptors (Lipinski definition) is 4. The lowest BCUT2D eigenvalue weighted by Gasteiger charge is -2.02. The van der Waals surface area contributed by atoms with Gasteiger partial charge >= 0.3 is 0 Å². The molecule has 0 fully saturated rings. The summed E-state index contributed by atoms with van der Waals surface area (Å²) in [5.41, 5.74) is 2.07. The van der Waals surface area contributed by atoms with E-state index < -0.39 is 0 Å². The zero-order valence-corrected chi connectivity index (χ0v) is 12.6. The van der Waals surface area contributed by atoms with E-state index in [1.54, 1.807) is 0 Å². The zero-order valence-electron chi connectivity index (χ0n) is 11.0. The van der Waals surface area contributed by atoms with Crippen LogP contribution in [-0.4, -0.2) is 13.6 Å². The molecule has 2 aromatic rings. The maximum absolute atomic E-state index is 5.39. The lowest BCUT2D eigenvalue weighted by molar-refractivity contribution is 0.173. The third-order valence-corrected chi connectivity index (χ3v) is 4.03. The number of halogens is 1. The van der Waals surface area contributed by atoms with Gasteiger partial charge < -0.3 is 18.9 Å². The summed E-state index contributed by atoms with van der Waals surface area (Å²) in [6.07, 6.45) is 4.04. The summed E-state index contributed by atoms with van der Waals surface area (Å²) in [4.78, 5) is 0. The smallest absolute Gasteiger partial charge is 0.231 e. The molecule has 4 nitrogen and oxygen atoms in total. The zero-order chi connectivity index (χ0) is 14.2. The molecule has 2 aliphatic rings. The number of hydrogen-bond donors (Lipinski definition) is 0. The first kappa shape index (κ1) is 12.6. The minimum Gasteiger partial charge on any atom is -0.454 e. The van der Waals surface area contributed by atoms with E-state index >= 15 is 0 Å². The predicted molar refractivity (Wildman–Crippen MR) is 81.8 cm³/mol. The molecule has 0 aromatic heterocycles. The number of fused-ring (bicyclic) bond motifs is 2. The van der Waals surface area contributed by atoms with Crippen LogP contribution in [0.4, 0.5) is 0 Å². The van der Waals surface area contributed by atoms with Gasteiger partial charge in [-0.15, -0.1) is 0 Å². The minimum absolute atomic E-state index is 0.275. The summed E-state index contributed by atoms with van der Waals surface area (Å²) in [5.74, 6) is 3.10. The van der Waals surface area contributed by atoms with Crippen molar-refractivity contribution in [2.24, 2.45) is 0 Å². The second kappa shape index (κ2) is 5.00. The molecule has 0 bridgehead atoms. The second-order valence-corrected chi connectivity index (χ2v) is 5.53. The van der Waals surface area contributed by atoms with E-state index in [2.05, 4.69) is 15.9 Å². The highest BCUT2D eigenvalue weighted by Crippen LogP contribution is 2.38. The van der Waals surface area contributed by atoms with Crippen molar-refractivity contribution in [1.29, 1.82) is 0 Å². The Hall–Kier alpha value is -2.14. The molecule has 0 unspecified atom stereocenters. The third-order valence-electron chi connectivity index (χ3n) is 3.34. The van der Waals surface area contributed by atoms with Crippen LogP contribution in [0, 0.1) is 0 Å². The summed E-state index contributed by atoms with van der Waals surface area (Å²) in [6, 6.07) is 9.73. The Morgan fingerprint density at radius 1 is 0.762 bits per heavy atom. The highest BCUT2D eigenvalue weighted by molar-refractivity contribution is 9.10. The van der Waals surface area contributed by atoms with E-state index in [1.165, 1.54) is 0 Å². The molecule has 0 amide bonds. The predicted octanol–water partition coefficient (Wildman–Crippen LogP) is 4.08. The van der Waals surface area contributed by atoms with Crippen molar-refractivity contribution >= 4 is 28.1 Å². The van der Waals surface area contributed by atoms with Gasteiger partial charge in [0.1, 0.15) is 0 Å². The Kier molecular flexibility index (Phi) is 3.00. The number of ether oxygens (including phenoxy) is 4. The lowest BCUT2D eigenvalue weighted by Crippen LogP contribution is -1.92. The van der Waals surface area contributed by atoms with Gasteiger partial charge in [-0.25, -0.2) is 0 Å². The fourth-order valence-electron chi connectivity index (χ4n) is 2.26. The Balaban J connectivity index is 1.63. The van der Waals surface area contributed by atoms with Gasteiger partial charge in [0.25, 0.3) is 0 Å². The molecule has 0 radical (unpaired) electrons. The van der Waals surface area contributed by atoms with Gasteiger partial charge in [0.15, 0.2) is 23.0 Å². The first-order valence-corrected chi connectivity index (χ1v) is 7.26. The van der Waals surface area contributed by atoms with E-state index in [4.69, 9.17) is 18.9 Å². The Bertz CT molecular complexity index is 739. The van der Waals surface area contributed by atoms with Gasteiger partial charge in [-0.3, -0.25) is 0 Å². The summed E-state index contributed by atoms with van der Waals surface area (Å²) in [7, 11) is 0. The van der Waals surface area contributed by atoms with Crippen LogP contribution in [0.1, 0.15) is 11.1 Å². The van der Waals surface area contributed by atoms with Gasteiger partial charge in [-0.05, 0) is 35.4 Å². The van der Waals surface area contributed by atoms with Crippen LogP contribution in [0.25, 0.3) is 12.2 Å². The normalized spacial score (nSPS) is 14.9. The van der Waals surface area contributed by atoms with Crippen molar-refractivity contribution in [2.45, 2.75) is 0 Å². The molecule has 0 atom stereocenters. The van der Waals surface area contributed by atoms with E-state index in [-0.39, 0.29) is 13.6 Å². The van der Waals surface area contributed by atoms with Gasteiger partial charge in [0, 0.05) is 4.47 Å². The number of rotatable bonds is 2. The van der Waals surface area contributed by atoms with Crippen molar-refractivity contribution in [1.82, 2.24) is 0 Å². The van der Waals surface area contributed by atoms with Crippen molar-refractivity contribution in [3.05, 3.63) is 45.9 Å². The first-order valence-electron chi connectivity index (χ1n) is 6.46. The van der Waals surface area contributed by atoms with E-state index in [0.717, 1.165) is 38.6 Å². The maximum atomic E-state index is 5.39. The van der Waals surface area contributed by atoms with Crippen LogP contribution in [0.5, 0.6) is 23.0 Å². The Labute approximate surface area is 130 Å². The molecule has 0 saturated heterocycles. The van der Waals surface area contributed by atoms with Crippen LogP contribution >= 0.6 is 15.9 Å². The first-order chi connectivity index (χ1) is 10.3. The molecule has 2 heterocycles. The highest BCUT2D eigenvalue weighted by atomic mass is 79.9. The fraction of sp³-hybridized carbons (Fsp3) is 0.125. The van der Waals surface area contributed by atoms with Crippen molar-refractivity contribution < 1.29 is 18.9 Å².